The third-order valence-corrected chi connectivity index (χ3v) is 3.94. The minimum Gasteiger partial charge on any atom is -0.497 e. The summed E-state index contributed by atoms with van der Waals surface area (Å²) in [6, 6.07) is 16.5. The van der Waals surface area contributed by atoms with Gasteiger partial charge in [0.1, 0.15) is 18.1 Å². The number of H-pyrrole nitrogens is 1. The summed E-state index contributed by atoms with van der Waals surface area (Å²) in [5.41, 5.74) is 2.30. The average molecular weight is 310 g/mol. The molecule has 1 aromatic heterocycles. The Balaban J connectivity index is 1.48. The van der Waals surface area contributed by atoms with Crippen LogP contribution >= 0.6 is 0 Å². The summed E-state index contributed by atoms with van der Waals surface area (Å²) >= 11 is 0. The number of aromatic nitrogens is 1. The lowest BCUT2D eigenvalue weighted by Crippen LogP contribution is -2.24. The van der Waals surface area contributed by atoms with Crippen molar-refractivity contribution in [2.45, 2.75) is 13.0 Å². The highest BCUT2D eigenvalue weighted by molar-refractivity contribution is 5.80. The summed E-state index contributed by atoms with van der Waals surface area (Å²) < 4.78 is 11.1. The summed E-state index contributed by atoms with van der Waals surface area (Å²) in [5, 5.41) is 4.66. The minimum atomic E-state index is 0.250. The number of rotatable bonds is 7. The fourth-order valence-corrected chi connectivity index (χ4v) is 2.59. The van der Waals surface area contributed by atoms with E-state index >= 15 is 0 Å². The van der Waals surface area contributed by atoms with Crippen molar-refractivity contribution in [3.63, 3.8) is 0 Å². The largest absolute Gasteiger partial charge is 0.497 e. The molecule has 0 aliphatic heterocycles. The highest BCUT2D eigenvalue weighted by atomic mass is 16.5. The first-order valence-corrected chi connectivity index (χ1v) is 7.83. The molecule has 1 heterocycles. The zero-order valence-electron chi connectivity index (χ0n) is 13.5. The molecule has 3 aromatic rings. The van der Waals surface area contributed by atoms with E-state index in [0.717, 1.165) is 23.6 Å². The molecular formula is C19H22N2O2. The topological polar surface area (TPSA) is 46.3 Å². The molecule has 0 fully saturated rings. The first-order valence-electron chi connectivity index (χ1n) is 7.83. The Kier molecular flexibility index (Phi) is 4.83. The van der Waals surface area contributed by atoms with E-state index in [2.05, 4.69) is 41.5 Å². The van der Waals surface area contributed by atoms with E-state index in [4.69, 9.17) is 9.47 Å². The van der Waals surface area contributed by atoms with E-state index in [1.807, 2.05) is 30.5 Å². The second-order valence-electron chi connectivity index (χ2n) is 5.53. The van der Waals surface area contributed by atoms with E-state index in [-0.39, 0.29) is 6.04 Å². The number of nitrogens with one attached hydrogen (secondary N) is 2. The van der Waals surface area contributed by atoms with Gasteiger partial charge in [0.2, 0.25) is 0 Å². The number of ether oxygens (including phenoxy) is 2. The molecule has 0 spiro atoms. The van der Waals surface area contributed by atoms with Gasteiger partial charge in [0.25, 0.3) is 0 Å². The SMILES string of the molecule is COc1cccc([C@@H](C)NCCOc2ccc3cc[nH]c3c2)c1. The molecule has 0 saturated carbocycles. The third kappa shape index (κ3) is 3.85. The van der Waals surface area contributed by atoms with Crippen LogP contribution in [-0.4, -0.2) is 25.2 Å². The summed E-state index contributed by atoms with van der Waals surface area (Å²) in [6.07, 6.45) is 1.94. The molecule has 0 bridgehead atoms. The molecule has 0 unspecified atom stereocenters. The van der Waals surface area contributed by atoms with Crippen molar-refractivity contribution in [2.75, 3.05) is 20.3 Å². The van der Waals surface area contributed by atoms with Gasteiger partial charge in [-0.1, -0.05) is 12.1 Å². The average Bonchev–Trinajstić information content (AvgIpc) is 3.06. The highest BCUT2D eigenvalue weighted by Gasteiger charge is 2.05. The van der Waals surface area contributed by atoms with Crippen LogP contribution in [0, 0.1) is 0 Å². The monoisotopic (exact) mass is 310 g/mol. The van der Waals surface area contributed by atoms with E-state index in [0.29, 0.717) is 6.61 Å². The normalized spacial score (nSPS) is 12.3. The van der Waals surface area contributed by atoms with Gasteiger partial charge in [-0.25, -0.2) is 0 Å². The van der Waals surface area contributed by atoms with Crippen molar-refractivity contribution >= 4 is 10.9 Å². The Morgan fingerprint density at radius 1 is 1.09 bits per heavy atom. The highest BCUT2D eigenvalue weighted by Crippen LogP contribution is 2.20. The number of aromatic amines is 1. The van der Waals surface area contributed by atoms with Crippen molar-refractivity contribution in [3.05, 3.63) is 60.3 Å². The van der Waals surface area contributed by atoms with Crippen LogP contribution in [0.15, 0.2) is 54.7 Å². The molecule has 4 nitrogen and oxygen atoms in total. The van der Waals surface area contributed by atoms with Gasteiger partial charge in [-0.2, -0.15) is 0 Å². The molecular weight excluding hydrogens is 288 g/mol. The van der Waals surface area contributed by atoms with Crippen LogP contribution in [0.25, 0.3) is 10.9 Å². The molecule has 3 rings (SSSR count). The number of hydrogen-bond acceptors (Lipinski definition) is 3. The number of hydrogen-bond donors (Lipinski definition) is 2. The van der Waals surface area contributed by atoms with E-state index in [9.17, 15) is 0 Å². The fraction of sp³-hybridized carbons (Fsp3) is 0.263. The van der Waals surface area contributed by atoms with Crippen LogP contribution in [0.5, 0.6) is 11.5 Å². The second kappa shape index (κ2) is 7.20. The van der Waals surface area contributed by atoms with Gasteiger partial charge in [-0.05, 0) is 48.2 Å². The predicted molar refractivity (Wildman–Crippen MR) is 93.2 cm³/mol. The minimum absolute atomic E-state index is 0.250. The van der Waals surface area contributed by atoms with Crippen LogP contribution in [0.4, 0.5) is 0 Å². The van der Waals surface area contributed by atoms with Crippen LogP contribution in [0.3, 0.4) is 0 Å². The maximum Gasteiger partial charge on any atom is 0.121 e. The Morgan fingerprint density at radius 2 is 2.00 bits per heavy atom. The molecule has 0 amide bonds. The standard InChI is InChI=1S/C19H22N2O2/c1-14(16-4-3-5-17(12-16)22-2)20-10-11-23-18-7-6-15-8-9-21-19(15)13-18/h3-9,12-14,20-21H,10-11H2,1-2H3/t14-/m1/s1. The van der Waals surface area contributed by atoms with Gasteiger partial charge in [-0.3, -0.25) is 0 Å². The number of methoxy groups -OCH3 is 1. The van der Waals surface area contributed by atoms with E-state index in [1.165, 1.54) is 10.9 Å². The van der Waals surface area contributed by atoms with E-state index in [1.54, 1.807) is 7.11 Å². The first-order chi connectivity index (χ1) is 11.3. The van der Waals surface area contributed by atoms with Crippen LogP contribution in [0.1, 0.15) is 18.5 Å². The molecule has 0 aliphatic rings. The lowest BCUT2D eigenvalue weighted by atomic mass is 10.1. The zero-order valence-corrected chi connectivity index (χ0v) is 13.5. The molecule has 2 N–H and O–H groups in total. The molecule has 0 aliphatic carbocycles. The molecule has 0 radical (unpaired) electrons. The Hall–Kier alpha value is -2.46. The van der Waals surface area contributed by atoms with Gasteiger partial charge >= 0.3 is 0 Å². The maximum absolute atomic E-state index is 5.81. The maximum atomic E-state index is 5.81. The van der Waals surface area contributed by atoms with Gasteiger partial charge in [-0.15, -0.1) is 0 Å². The second-order valence-corrected chi connectivity index (χ2v) is 5.53. The van der Waals surface area contributed by atoms with Crippen LogP contribution < -0.4 is 14.8 Å². The van der Waals surface area contributed by atoms with Crippen molar-refractivity contribution < 1.29 is 9.47 Å². The fourth-order valence-electron chi connectivity index (χ4n) is 2.59. The Labute approximate surface area is 136 Å². The van der Waals surface area contributed by atoms with Crippen molar-refractivity contribution in [3.8, 4) is 11.5 Å². The summed E-state index contributed by atoms with van der Waals surface area (Å²) in [6.45, 7) is 3.54. The molecule has 2 aromatic carbocycles. The van der Waals surface area contributed by atoms with E-state index < -0.39 is 0 Å². The molecule has 1 atom stereocenters. The smallest absolute Gasteiger partial charge is 0.121 e. The first kappa shape index (κ1) is 15.4. The van der Waals surface area contributed by atoms with Gasteiger partial charge in [0.05, 0.1) is 7.11 Å². The van der Waals surface area contributed by atoms with Crippen molar-refractivity contribution in [1.82, 2.24) is 10.3 Å². The Morgan fingerprint density at radius 3 is 2.87 bits per heavy atom. The predicted octanol–water partition coefficient (Wildman–Crippen LogP) is 3.91. The lowest BCUT2D eigenvalue weighted by Gasteiger charge is -2.15. The van der Waals surface area contributed by atoms with Gasteiger partial charge < -0.3 is 19.8 Å². The van der Waals surface area contributed by atoms with Gasteiger partial charge in [0.15, 0.2) is 0 Å². The third-order valence-electron chi connectivity index (χ3n) is 3.94. The number of benzene rings is 2. The quantitative estimate of drug-likeness (QED) is 0.651. The zero-order chi connectivity index (χ0) is 16.1. The number of fused-ring (bicyclic) bond motifs is 1. The van der Waals surface area contributed by atoms with Gasteiger partial charge in [0, 0.05) is 30.4 Å². The van der Waals surface area contributed by atoms with Crippen LogP contribution in [0.2, 0.25) is 0 Å². The molecule has 120 valence electrons. The summed E-state index contributed by atoms with van der Waals surface area (Å²) in [4.78, 5) is 3.19. The van der Waals surface area contributed by atoms with Crippen molar-refractivity contribution in [1.29, 1.82) is 0 Å². The Bertz CT molecular complexity index is 767. The van der Waals surface area contributed by atoms with Crippen molar-refractivity contribution in [2.24, 2.45) is 0 Å². The summed E-state index contributed by atoms with van der Waals surface area (Å²) in [7, 11) is 1.69. The molecule has 23 heavy (non-hydrogen) atoms. The van der Waals surface area contributed by atoms with Crippen LogP contribution in [-0.2, 0) is 0 Å². The summed E-state index contributed by atoms with van der Waals surface area (Å²) in [5.74, 6) is 1.77. The lowest BCUT2D eigenvalue weighted by molar-refractivity contribution is 0.308. The molecule has 4 heteroatoms. The molecule has 0 saturated heterocycles.